The molecule has 0 fully saturated rings. The molecule has 0 saturated carbocycles. The van der Waals surface area contributed by atoms with Crippen LogP contribution in [0.1, 0.15) is 25.8 Å². The summed E-state index contributed by atoms with van der Waals surface area (Å²) in [5, 5.41) is 3.40. The van der Waals surface area contributed by atoms with Gasteiger partial charge < -0.3 is 19.7 Å². The Morgan fingerprint density at radius 3 is 2.22 bits per heavy atom. The molecule has 218 valence electrons. The van der Waals surface area contributed by atoms with E-state index in [1.54, 1.807) is 62.4 Å². The van der Waals surface area contributed by atoms with E-state index < -0.39 is 28.5 Å². The van der Waals surface area contributed by atoms with Crippen LogP contribution in [0.2, 0.25) is 10.0 Å². The van der Waals surface area contributed by atoms with Crippen molar-refractivity contribution >= 4 is 50.7 Å². The van der Waals surface area contributed by atoms with Gasteiger partial charge in [0.15, 0.2) is 11.5 Å². The molecule has 0 bridgehead atoms. The van der Waals surface area contributed by atoms with Gasteiger partial charge in [-0.1, -0.05) is 54.4 Å². The molecule has 4 rings (SSSR count). The van der Waals surface area contributed by atoms with Gasteiger partial charge in [-0.05, 0) is 49.7 Å². The monoisotopic (exact) mass is 619 g/mol. The van der Waals surface area contributed by atoms with Crippen LogP contribution < -0.4 is 19.1 Å². The number of sulfonamides is 1. The molecule has 1 aliphatic rings. The smallest absolute Gasteiger partial charge is 0.264 e. The average Bonchev–Trinajstić information content (AvgIpc) is 2.97. The zero-order valence-corrected chi connectivity index (χ0v) is 25.0. The number of carbonyl (C=O) groups is 2. The number of likely N-dealkylation sites (N-methyl/N-ethyl adjacent to an activating group) is 1. The molecule has 9 nitrogen and oxygen atoms in total. The van der Waals surface area contributed by atoms with Crippen molar-refractivity contribution in [2.45, 2.75) is 37.8 Å². The van der Waals surface area contributed by atoms with Gasteiger partial charge in [-0.15, -0.1) is 0 Å². The fraction of sp³-hybridized carbons (Fsp3) is 0.310. The summed E-state index contributed by atoms with van der Waals surface area (Å²) in [5.74, 6) is -0.152. The minimum atomic E-state index is -4.22. The van der Waals surface area contributed by atoms with Crippen LogP contribution in [-0.2, 0) is 26.2 Å². The summed E-state index contributed by atoms with van der Waals surface area (Å²) >= 11 is 12.9. The number of nitrogens with zero attached hydrogens (tertiary/aromatic N) is 2. The molecule has 41 heavy (non-hydrogen) atoms. The van der Waals surface area contributed by atoms with E-state index in [0.29, 0.717) is 46.9 Å². The Labute approximate surface area is 250 Å². The van der Waals surface area contributed by atoms with Gasteiger partial charge in [-0.3, -0.25) is 13.9 Å². The van der Waals surface area contributed by atoms with E-state index in [4.69, 9.17) is 32.7 Å². The van der Waals surface area contributed by atoms with Crippen molar-refractivity contribution in [2.75, 3.05) is 30.6 Å². The largest absolute Gasteiger partial charge is 0.486 e. The number of ether oxygens (including phenoxy) is 2. The van der Waals surface area contributed by atoms with E-state index >= 15 is 0 Å². The molecule has 0 spiro atoms. The topological polar surface area (TPSA) is 105 Å². The van der Waals surface area contributed by atoms with Crippen LogP contribution in [0.3, 0.4) is 0 Å². The molecular formula is C29H31Cl2N3O6S. The number of anilines is 1. The number of halogens is 2. The second kappa shape index (κ2) is 13.5. The average molecular weight is 621 g/mol. The SMILES string of the molecule is CCNC(=O)[C@H](CC)N(Cc1c(Cl)cccc1Cl)C(=O)CN(c1ccc2c(c1)OCCO2)S(=O)(=O)c1ccccc1. The quantitative estimate of drug-likeness (QED) is 0.327. The van der Waals surface area contributed by atoms with Crippen LogP contribution >= 0.6 is 23.2 Å². The predicted molar refractivity (Wildman–Crippen MR) is 158 cm³/mol. The minimum Gasteiger partial charge on any atom is -0.486 e. The molecule has 12 heteroatoms. The van der Waals surface area contributed by atoms with E-state index in [2.05, 4.69) is 5.32 Å². The number of hydrogen-bond donors (Lipinski definition) is 1. The lowest BCUT2D eigenvalue weighted by molar-refractivity contribution is -0.140. The van der Waals surface area contributed by atoms with Crippen LogP contribution in [0.5, 0.6) is 11.5 Å². The lowest BCUT2D eigenvalue weighted by Gasteiger charge is -2.33. The van der Waals surface area contributed by atoms with E-state index in [9.17, 15) is 18.0 Å². The summed E-state index contributed by atoms with van der Waals surface area (Å²) in [6, 6.07) is 16.5. The summed E-state index contributed by atoms with van der Waals surface area (Å²) in [6.07, 6.45) is 0.273. The summed E-state index contributed by atoms with van der Waals surface area (Å²) in [5.41, 5.74) is 0.650. The molecule has 0 aromatic heterocycles. The van der Waals surface area contributed by atoms with Crippen LogP contribution in [0.15, 0.2) is 71.6 Å². The van der Waals surface area contributed by atoms with Crippen molar-refractivity contribution in [3.05, 3.63) is 82.3 Å². The van der Waals surface area contributed by atoms with Crippen molar-refractivity contribution in [1.29, 1.82) is 0 Å². The van der Waals surface area contributed by atoms with Crippen LogP contribution in [0, 0.1) is 0 Å². The van der Waals surface area contributed by atoms with Gasteiger partial charge in [-0.25, -0.2) is 8.42 Å². The van der Waals surface area contributed by atoms with Gasteiger partial charge >= 0.3 is 0 Å². The zero-order chi connectivity index (χ0) is 29.6. The normalized spacial score (nSPS) is 13.3. The Morgan fingerprint density at radius 2 is 1.59 bits per heavy atom. The fourth-order valence-electron chi connectivity index (χ4n) is 4.50. The minimum absolute atomic E-state index is 0.000783. The highest BCUT2D eigenvalue weighted by molar-refractivity contribution is 7.92. The fourth-order valence-corrected chi connectivity index (χ4v) is 6.44. The van der Waals surface area contributed by atoms with Gasteiger partial charge in [0.25, 0.3) is 10.0 Å². The molecule has 3 aromatic carbocycles. The third kappa shape index (κ3) is 6.89. The molecular weight excluding hydrogens is 589 g/mol. The Morgan fingerprint density at radius 1 is 0.927 bits per heavy atom. The maximum absolute atomic E-state index is 14.1. The Bertz CT molecular complexity index is 1480. The number of nitrogens with one attached hydrogen (secondary N) is 1. The summed E-state index contributed by atoms with van der Waals surface area (Å²) in [6.45, 7) is 3.87. The first-order valence-corrected chi connectivity index (χ1v) is 15.3. The summed E-state index contributed by atoms with van der Waals surface area (Å²) in [4.78, 5) is 28.5. The number of benzene rings is 3. The molecule has 0 saturated heterocycles. The van der Waals surface area contributed by atoms with Crippen molar-refractivity contribution in [3.8, 4) is 11.5 Å². The molecule has 0 radical (unpaired) electrons. The second-order valence-corrected chi connectivity index (χ2v) is 11.9. The molecule has 2 amide bonds. The van der Waals surface area contributed by atoms with Crippen molar-refractivity contribution in [3.63, 3.8) is 0 Å². The first-order valence-electron chi connectivity index (χ1n) is 13.1. The first-order chi connectivity index (χ1) is 19.7. The van der Waals surface area contributed by atoms with E-state index in [1.165, 1.54) is 23.1 Å². The highest BCUT2D eigenvalue weighted by atomic mass is 35.5. The molecule has 3 aromatic rings. The lowest BCUT2D eigenvalue weighted by Crippen LogP contribution is -2.52. The Hall–Kier alpha value is -3.47. The molecule has 1 aliphatic heterocycles. The Kier molecular flexibility index (Phi) is 10.0. The van der Waals surface area contributed by atoms with Crippen molar-refractivity contribution < 1.29 is 27.5 Å². The first kappa shape index (κ1) is 30.5. The highest BCUT2D eigenvalue weighted by Crippen LogP contribution is 2.36. The molecule has 1 heterocycles. The van der Waals surface area contributed by atoms with Gasteiger partial charge in [0.1, 0.15) is 25.8 Å². The highest BCUT2D eigenvalue weighted by Gasteiger charge is 2.34. The van der Waals surface area contributed by atoms with Crippen LogP contribution in [0.4, 0.5) is 5.69 Å². The van der Waals surface area contributed by atoms with E-state index in [1.807, 2.05) is 0 Å². The van der Waals surface area contributed by atoms with Gasteiger partial charge in [0.05, 0.1) is 10.6 Å². The summed E-state index contributed by atoms with van der Waals surface area (Å²) < 4.78 is 40.2. The Balaban J connectivity index is 1.78. The maximum atomic E-state index is 14.1. The van der Waals surface area contributed by atoms with Gasteiger partial charge in [0.2, 0.25) is 11.8 Å². The van der Waals surface area contributed by atoms with E-state index in [-0.39, 0.29) is 29.5 Å². The molecule has 1 N–H and O–H groups in total. The lowest BCUT2D eigenvalue weighted by atomic mass is 10.1. The summed E-state index contributed by atoms with van der Waals surface area (Å²) in [7, 11) is -4.22. The standard InChI is InChI=1S/C29H31Cl2N3O6S/c1-3-25(29(36)32-4-2)33(18-22-23(30)11-8-12-24(22)31)28(35)19-34(41(37,38)21-9-6-5-7-10-21)20-13-14-26-27(17-20)40-16-15-39-26/h5-14,17,25H,3-4,15-16,18-19H2,1-2H3,(H,32,36)/t25-/m0/s1. The van der Waals surface area contributed by atoms with Gasteiger partial charge in [-0.2, -0.15) is 0 Å². The van der Waals surface area contributed by atoms with Crippen molar-refractivity contribution in [2.24, 2.45) is 0 Å². The third-order valence-corrected chi connectivity index (χ3v) is 9.05. The van der Waals surface area contributed by atoms with E-state index in [0.717, 1.165) is 4.31 Å². The molecule has 0 aliphatic carbocycles. The number of fused-ring (bicyclic) bond motifs is 1. The zero-order valence-electron chi connectivity index (χ0n) is 22.7. The number of hydrogen-bond acceptors (Lipinski definition) is 6. The third-order valence-electron chi connectivity index (χ3n) is 6.55. The molecule has 1 atom stereocenters. The number of amides is 2. The van der Waals surface area contributed by atoms with Gasteiger partial charge in [0, 0.05) is 34.8 Å². The number of rotatable bonds is 11. The maximum Gasteiger partial charge on any atom is 0.264 e. The predicted octanol–water partition coefficient (Wildman–Crippen LogP) is 4.90. The van der Waals surface area contributed by atoms with Crippen LogP contribution in [-0.4, -0.2) is 57.5 Å². The number of carbonyl (C=O) groups excluding carboxylic acids is 2. The molecule has 0 unspecified atom stereocenters. The second-order valence-electron chi connectivity index (χ2n) is 9.19. The van der Waals surface area contributed by atoms with Crippen molar-refractivity contribution in [1.82, 2.24) is 10.2 Å². The van der Waals surface area contributed by atoms with Crippen LogP contribution in [0.25, 0.3) is 0 Å².